The minimum absolute atomic E-state index is 0.0595. The fraction of sp³-hybridized carbons (Fsp3) is 0.143. The van der Waals surface area contributed by atoms with Gasteiger partial charge < -0.3 is 9.84 Å². The van der Waals surface area contributed by atoms with E-state index in [1.807, 2.05) is 0 Å². The second-order valence-corrected chi connectivity index (χ2v) is 6.16. The molecule has 2 N–H and O–H groups in total. The third kappa shape index (κ3) is 3.34. The van der Waals surface area contributed by atoms with E-state index >= 15 is 0 Å². The van der Waals surface area contributed by atoms with Crippen LogP contribution in [-0.4, -0.2) is 31.6 Å². The average molecular weight is 322 g/mol. The minimum atomic E-state index is -3.90. The first-order chi connectivity index (χ1) is 10.3. The molecule has 0 radical (unpaired) electrons. The quantitative estimate of drug-likeness (QED) is 0.871. The number of pyridine rings is 1. The molecule has 0 fully saturated rings. The highest BCUT2D eigenvalue weighted by Gasteiger charge is 2.18. The molecule has 116 valence electrons. The van der Waals surface area contributed by atoms with Gasteiger partial charge in [0.15, 0.2) is 0 Å². The second kappa shape index (κ2) is 6.02. The molecule has 22 heavy (non-hydrogen) atoms. The Bertz CT molecular complexity index is 800. The molecule has 0 aliphatic heterocycles. The summed E-state index contributed by atoms with van der Waals surface area (Å²) in [6, 6.07) is 6.92. The van der Waals surface area contributed by atoms with Gasteiger partial charge in [-0.15, -0.1) is 0 Å². The monoisotopic (exact) mass is 322 g/mol. The maximum absolute atomic E-state index is 12.3. The van der Waals surface area contributed by atoms with Crippen molar-refractivity contribution in [2.24, 2.45) is 0 Å². The Balaban J connectivity index is 2.33. The average Bonchev–Trinajstić information content (AvgIpc) is 2.47. The molecule has 0 saturated heterocycles. The molecule has 0 spiro atoms. The van der Waals surface area contributed by atoms with Crippen molar-refractivity contribution in [2.45, 2.75) is 11.8 Å². The molecule has 1 heterocycles. The molecule has 1 aromatic heterocycles. The van der Waals surface area contributed by atoms with Crippen LogP contribution >= 0.6 is 0 Å². The number of hydrogen-bond donors (Lipinski definition) is 2. The van der Waals surface area contributed by atoms with Crippen molar-refractivity contribution < 1.29 is 23.1 Å². The van der Waals surface area contributed by atoms with Crippen molar-refractivity contribution in [3.63, 3.8) is 0 Å². The molecule has 0 unspecified atom stereocenters. The van der Waals surface area contributed by atoms with Gasteiger partial charge in [0.05, 0.1) is 29.5 Å². The smallest absolute Gasteiger partial charge is 0.335 e. The van der Waals surface area contributed by atoms with Gasteiger partial charge in [-0.05, 0) is 30.7 Å². The van der Waals surface area contributed by atoms with Gasteiger partial charge in [0, 0.05) is 6.07 Å². The minimum Gasteiger partial charge on any atom is -0.481 e. The number of aromatic nitrogens is 1. The number of nitrogens with zero attached hydrogens (tertiary/aromatic N) is 1. The number of anilines is 1. The van der Waals surface area contributed by atoms with E-state index in [4.69, 9.17) is 9.84 Å². The largest absolute Gasteiger partial charge is 0.481 e. The van der Waals surface area contributed by atoms with Crippen LogP contribution in [0.2, 0.25) is 0 Å². The van der Waals surface area contributed by atoms with Crippen LogP contribution in [0.4, 0.5) is 5.69 Å². The van der Waals surface area contributed by atoms with Crippen LogP contribution in [0, 0.1) is 6.92 Å². The molecule has 0 amide bonds. The summed E-state index contributed by atoms with van der Waals surface area (Å²) >= 11 is 0. The van der Waals surface area contributed by atoms with E-state index in [-0.39, 0.29) is 16.1 Å². The normalized spacial score (nSPS) is 11.0. The van der Waals surface area contributed by atoms with Gasteiger partial charge in [0.25, 0.3) is 10.0 Å². The van der Waals surface area contributed by atoms with E-state index in [0.717, 1.165) is 6.07 Å². The lowest BCUT2D eigenvalue weighted by Crippen LogP contribution is -2.14. The number of aromatic carboxylic acids is 1. The highest BCUT2D eigenvalue weighted by Crippen LogP contribution is 2.20. The van der Waals surface area contributed by atoms with Crippen molar-refractivity contribution in [2.75, 3.05) is 11.8 Å². The molecular formula is C14H14N2O5S. The first-order valence-electron chi connectivity index (χ1n) is 6.20. The van der Waals surface area contributed by atoms with E-state index in [2.05, 4.69) is 9.71 Å². The number of methoxy groups -OCH3 is 1. The van der Waals surface area contributed by atoms with E-state index in [1.165, 1.54) is 37.6 Å². The van der Waals surface area contributed by atoms with Gasteiger partial charge in [0.2, 0.25) is 5.88 Å². The maximum Gasteiger partial charge on any atom is 0.335 e. The zero-order valence-corrected chi connectivity index (χ0v) is 12.7. The zero-order valence-electron chi connectivity index (χ0n) is 11.9. The number of carbonyl (C=O) groups is 1. The number of rotatable bonds is 5. The Hall–Kier alpha value is -2.61. The van der Waals surface area contributed by atoms with Crippen LogP contribution in [-0.2, 0) is 10.0 Å². The molecule has 0 aliphatic carbocycles. The van der Waals surface area contributed by atoms with Crippen LogP contribution in [0.1, 0.15) is 15.9 Å². The molecule has 0 atom stereocenters. The summed E-state index contributed by atoms with van der Waals surface area (Å²) < 4.78 is 31.8. The lowest BCUT2D eigenvalue weighted by molar-refractivity contribution is 0.0696. The number of carboxylic acid groups (broad SMARTS) is 1. The third-order valence-electron chi connectivity index (χ3n) is 2.95. The van der Waals surface area contributed by atoms with Crippen LogP contribution in [0.3, 0.4) is 0 Å². The first kappa shape index (κ1) is 15.8. The van der Waals surface area contributed by atoms with Gasteiger partial charge in [-0.2, -0.15) is 0 Å². The van der Waals surface area contributed by atoms with Crippen LogP contribution in [0.25, 0.3) is 0 Å². The Kier molecular flexibility index (Phi) is 4.32. The van der Waals surface area contributed by atoms with E-state index in [0.29, 0.717) is 11.4 Å². The van der Waals surface area contributed by atoms with Crippen LogP contribution < -0.4 is 9.46 Å². The summed E-state index contributed by atoms with van der Waals surface area (Å²) in [5.41, 5.74) is 0.673. The number of sulfonamides is 1. The Morgan fingerprint density at radius 2 is 2.00 bits per heavy atom. The first-order valence-corrected chi connectivity index (χ1v) is 7.68. The Morgan fingerprint density at radius 3 is 2.55 bits per heavy atom. The molecule has 7 nitrogen and oxygen atoms in total. The molecule has 1 aromatic carbocycles. The molecule has 0 aliphatic rings. The summed E-state index contributed by atoms with van der Waals surface area (Å²) in [5, 5.41) is 9.06. The lowest BCUT2D eigenvalue weighted by atomic mass is 10.1. The number of ether oxygens (including phenoxy) is 1. The molecule has 8 heteroatoms. The van der Waals surface area contributed by atoms with Crippen molar-refractivity contribution >= 4 is 21.7 Å². The molecule has 2 aromatic rings. The number of hydrogen-bond acceptors (Lipinski definition) is 5. The van der Waals surface area contributed by atoms with Gasteiger partial charge in [-0.1, -0.05) is 6.07 Å². The number of carboxylic acids is 1. The Morgan fingerprint density at radius 1 is 1.27 bits per heavy atom. The van der Waals surface area contributed by atoms with E-state index in [9.17, 15) is 13.2 Å². The van der Waals surface area contributed by atoms with Crippen LogP contribution in [0.15, 0.2) is 41.4 Å². The van der Waals surface area contributed by atoms with E-state index in [1.54, 1.807) is 6.92 Å². The van der Waals surface area contributed by atoms with Crippen molar-refractivity contribution in [3.8, 4) is 5.88 Å². The highest BCUT2D eigenvalue weighted by atomic mass is 32.2. The molecular weight excluding hydrogens is 308 g/mol. The van der Waals surface area contributed by atoms with Crippen molar-refractivity contribution in [3.05, 3.63) is 47.7 Å². The van der Waals surface area contributed by atoms with Crippen molar-refractivity contribution in [1.29, 1.82) is 0 Å². The van der Waals surface area contributed by atoms with Gasteiger partial charge in [0.1, 0.15) is 0 Å². The number of aryl methyl sites for hydroxylation is 1. The van der Waals surface area contributed by atoms with Gasteiger partial charge >= 0.3 is 5.97 Å². The summed E-state index contributed by atoms with van der Waals surface area (Å²) in [5.74, 6) is -0.827. The standard InChI is InChI=1S/C14H14N2O5S/c1-9-3-5-11(7-12(9)14(17)18)22(19,20)16-10-4-6-13(21-2)15-8-10/h3-8,16H,1-2H3,(H,17,18). The number of benzene rings is 1. The van der Waals surface area contributed by atoms with Gasteiger partial charge in [-0.25, -0.2) is 18.2 Å². The third-order valence-corrected chi connectivity index (χ3v) is 4.33. The summed E-state index contributed by atoms with van der Waals surface area (Å²) in [7, 11) is -2.45. The zero-order chi connectivity index (χ0) is 16.3. The summed E-state index contributed by atoms with van der Waals surface area (Å²) in [4.78, 5) is 14.8. The maximum atomic E-state index is 12.3. The SMILES string of the molecule is COc1ccc(NS(=O)(=O)c2ccc(C)c(C(=O)O)c2)cn1. The predicted molar refractivity (Wildman–Crippen MR) is 79.7 cm³/mol. The molecule has 0 bridgehead atoms. The second-order valence-electron chi connectivity index (χ2n) is 4.48. The van der Waals surface area contributed by atoms with Crippen LogP contribution in [0.5, 0.6) is 5.88 Å². The number of nitrogens with one attached hydrogen (secondary N) is 1. The van der Waals surface area contributed by atoms with E-state index < -0.39 is 16.0 Å². The lowest BCUT2D eigenvalue weighted by Gasteiger charge is -2.10. The highest BCUT2D eigenvalue weighted by molar-refractivity contribution is 7.92. The fourth-order valence-corrected chi connectivity index (χ4v) is 2.84. The summed E-state index contributed by atoms with van der Waals surface area (Å²) in [6.45, 7) is 1.60. The predicted octanol–water partition coefficient (Wildman–Crippen LogP) is 1.90. The summed E-state index contributed by atoms with van der Waals surface area (Å²) in [6.07, 6.45) is 1.31. The molecule has 2 rings (SSSR count). The topological polar surface area (TPSA) is 106 Å². The van der Waals surface area contributed by atoms with Crippen molar-refractivity contribution in [1.82, 2.24) is 4.98 Å². The fourth-order valence-electron chi connectivity index (χ4n) is 1.77. The Labute approximate surface area is 127 Å². The molecule has 0 saturated carbocycles. The van der Waals surface area contributed by atoms with Gasteiger partial charge in [-0.3, -0.25) is 4.72 Å².